The van der Waals surface area contributed by atoms with Crippen LogP contribution < -0.4 is 21.5 Å². The van der Waals surface area contributed by atoms with Gasteiger partial charge >= 0.3 is 0 Å². The van der Waals surface area contributed by atoms with Gasteiger partial charge in [-0.2, -0.15) is 4.98 Å². The van der Waals surface area contributed by atoms with Crippen molar-refractivity contribution >= 4 is 38.2 Å². The van der Waals surface area contributed by atoms with Crippen LogP contribution in [0.3, 0.4) is 0 Å². The summed E-state index contributed by atoms with van der Waals surface area (Å²) in [5.41, 5.74) is 14.2. The maximum atomic E-state index is 12.8. The van der Waals surface area contributed by atoms with E-state index in [1.54, 1.807) is 36.4 Å². The lowest BCUT2D eigenvalue weighted by Gasteiger charge is -2.10. The molecule has 164 valence electrons. The number of sulfone groups is 1. The number of methoxy groups -OCH3 is 1. The largest absolute Gasteiger partial charge is 0.497 e. The van der Waals surface area contributed by atoms with Crippen molar-refractivity contribution in [3.63, 3.8) is 0 Å². The van der Waals surface area contributed by atoms with Crippen molar-refractivity contribution < 1.29 is 13.2 Å². The van der Waals surface area contributed by atoms with E-state index in [-0.39, 0.29) is 15.7 Å². The summed E-state index contributed by atoms with van der Waals surface area (Å²) in [4.78, 5) is 8.64. The zero-order valence-electron chi connectivity index (χ0n) is 17.4. The van der Waals surface area contributed by atoms with E-state index < -0.39 is 9.84 Å². The molecule has 0 amide bonds. The second kappa shape index (κ2) is 8.72. The van der Waals surface area contributed by atoms with Crippen LogP contribution in [0.5, 0.6) is 5.75 Å². The summed E-state index contributed by atoms with van der Waals surface area (Å²) < 4.78 is 30.7. The minimum Gasteiger partial charge on any atom is -0.497 e. The molecule has 4 aromatic rings. The maximum Gasteiger partial charge on any atom is 0.222 e. The fourth-order valence-corrected chi connectivity index (χ4v) is 4.62. The summed E-state index contributed by atoms with van der Waals surface area (Å²) in [7, 11) is -2.04. The van der Waals surface area contributed by atoms with E-state index in [2.05, 4.69) is 15.3 Å². The molecule has 0 saturated carbocycles. The average molecular weight is 450 g/mol. The number of anilines is 3. The Kier molecular flexibility index (Phi) is 5.83. The number of benzene rings is 3. The highest BCUT2D eigenvalue weighted by Gasteiger charge is 2.17. The average Bonchev–Trinajstić information content (AvgIpc) is 2.80. The van der Waals surface area contributed by atoms with Crippen LogP contribution in [0.25, 0.3) is 10.9 Å². The van der Waals surface area contributed by atoms with Crippen LogP contribution in [0.1, 0.15) is 5.56 Å². The molecule has 1 aromatic heterocycles. The fourth-order valence-electron chi connectivity index (χ4n) is 3.36. The molecule has 4 rings (SSSR count). The predicted octanol–water partition coefficient (Wildman–Crippen LogP) is 3.29. The molecule has 0 unspecified atom stereocenters. The summed E-state index contributed by atoms with van der Waals surface area (Å²) in [6.45, 7) is 0.659. The Morgan fingerprint density at radius 2 is 1.56 bits per heavy atom. The number of hydrogen-bond acceptors (Lipinski definition) is 8. The van der Waals surface area contributed by atoms with Gasteiger partial charge in [-0.3, -0.25) is 0 Å². The van der Waals surface area contributed by atoms with Crippen LogP contribution in [0.4, 0.5) is 17.5 Å². The molecule has 0 bridgehead atoms. The number of nitrogens with two attached hydrogens (primary N) is 2. The zero-order valence-corrected chi connectivity index (χ0v) is 18.3. The monoisotopic (exact) mass is 449 g/mol. The van der Waals surface area contributed by atoms with Gasteiger partial charge in [0.2, 0.25) is 15.8 Å². The number of nitrogen functional groups attached to an aromatic ring is 2. The molecule has 0 aliphatic heterocycles. The Bertz CT molecular complexity index is 1360. The van der Waals surface area contributed by atoms with Gasteiger partial charge in [0, 0.05) is 17.6 Å². The van der Waals surface area contributed by atoms with Crippen molar-refractivity contribution in [1.29, 1.82) is 0 Å². The van der Waals surface area contributed by atoms with E-state index in [0.717, 1.165) is 16.6 Å². The van der Waals surface area contributed by atoms with Crippen LogP contribution in [0.2, 0.25) is 0 Å². The molecule has 0 saturated heterocycles. The summed E-state index contributed by atoms with van der Waals surface area (Å²) in [5, 5.41) is 4.07. The van der Waals surface area contributed by atoms with E-state index in [9.17, 15) is 8.42 Å². The van der Waals surface area contributed by atoms with E-state index in [0.29, 0.717) is 30.0 Å². The second-order valence-electron chi connectivity index (χ2n) is 7.20. The molecule has 0 fully saturated rings. The smallest absolute Gasteiger partial charge is 0.222 e. The summed E-state index contributed by atoms with van der Waals surface area (Å²) in [6.07, 6.45) is 0.717. The highest BCUT2D eigenvalue weighted by atomic mass is 32.2. The van der Waals surface area contributed by atoms with Crippen LogP contribution >= 0.6 is 0 Å². The fraction of sp³-hybridized carbons (Fsp3) is 0.130. The Morgan fingerprint density at radius 1 is 0.906 bits per heavy atom. The first-order valence-electron chi connectivity index (χ1n) is 9.91. The van der Waals surface area contributed by atoms with Gasteiger partial charge < -0.3 is 21.5 Å². The Balaban J connectivity index is 1.41. The molecule has 0 aliphatic rings. The molecule has 5 N–H and O–H groups in total. The van der Waals surface area contributed by atoms with Crippen molar-refractivity contribution in [3.05, 3.63) is 72.3 Å². The molecule has 32 heavy (non-hydrogen) atoms. The topological polar surface area (TPSA) is 133 Å². The number of nitrogens with one attached hydrogen (secondary N) is 1. The van der Waals surface area contributed by atoms with Crippen LogP contribution in [-0.4, -0.2) is 32.0 Å². The maximum absolute atomic E-state index is 12.8. The highest BCUT2D eigenvalue weighted by Crippen LogP contribution is 2.24. The molecule has 9 heteroatoms. The molecule has 3 aromatic carbocycles. The molecule has 1 heterocycles. The molecular weight excluding hydrogens is 426 g/mol. The number of fused-ring (bicyclic) bond motifs is 1. The third-order valence-electron chi connectivity index (χ3n) is 5.09. The summed E-state index contributed by atoms with van der Waals surface area (Å²) >= 11 is 0. The SMILES string of the molecule is COc1ccc(S(=O)(=O)c2ccc(CCNc3ccc4nc(N)nc(N)c4c3)cc2)cc1. The lowest BCUT2D eigenvalue weighted by Crippen LogP contribution is -2.06. The zero-order chi connectivity index (χ0) is 22.7. The van der Waals surface area contributed by atoms with Gasteiger partial charge in [-0.1, -0.05) is 12.1 Å². The number of hydrogen-bond donors (Lipinski definition) is 3. The van der Waals surface area contributed by atoms with Crippen molar-refractivity contribution in [2.75, 3.05) is 30.4 Å². The quantitative estimate of drug-likeness (QED) is 0.391. The van der Waals surface area contributed by atoms with Gasteiger partial charge in [0.15, 0.2) is 0 Å². The molecule has 0 radical (unpaired) electrons. The third-order valence-corrected chi connectivity index (χ3v) is 6.87. The van der Waals surface area contributed by atoms with Crippen molar-refractivity contribution in [2.45, 2.75) is 16.2 Å². The number of rotatable bonds is 7. The van der Waals surface area contributed by atoms with E-state index >= 15 is 0 Å². The van der Waals surface area contributed by atoms with Gasteiger partial charge in [-0.25, -0.2) is 13.4 Å². The second-order valence-corrected chi connectivity index (χ2v) is 9.15. The first kappa shape index (κ1) is 21.4. The van der Waals surface area contributed by atoms with E-state index in [4.69, 9.17) is 16.2 Å². The highest BCUT2D eigenvalue weighted by molar-refractivity contribution is 7.91. The minimum atomic E-state index is -3.58. The Labute approximate surface area is 186 Å². The van der Waals surface area contributed by atoms with E-state index in [1.807, 2.05) is 30.3 Å². The molecule has 0 atom stereocenters. The number of aromatic nitrogens is 2. The van der Waals surface area contributed by atoms with Crippen LogP contribution in [0.15, 0.2) is 76.5 Å². The van der Waals surface area contributed by atoms with E-state index in [1.165, 1.54) is 7.11 Å². The third kappa shape index (κ3) is 4.42. The van der Waals surface area contributed by atoms with Gasteiger partial charge in [-0.05, 0) is 66.6 Å². The molecule has 8 nitrogen and oxygen atoms in total. The van der Waals surface area contributed by atoms with Gasteiger partial charge in [0.1, 0.15) is 11.6 Å². The summed E-state index contributed by atoms with van der Waals surface area (Å²) in [5.74, 6) is 1.09. The Morgan fingerprint density at radius 3 is 2.22 bits per heavy atom. The standard InChI is InChI=1S/C23H23N5O3S/c1-31-17-5-9-19(10-6-17)32(29,30)18-7-2-15(3-8-18)12-13-26-16-4-11-21-20(14-16)22(24)28-23(25)27-21/h2-11,14,26H,12-13H2,1H3,(H4,24,25,27,28). The van der Waals surface area contributed by atoms with Crippen LogP contribution in [0, 0.1) is 0 Å². The van der Waals surface area contributed by atoms with Crippen molar-refractivity contribution in [2.24, 2.45) is 0 Å². The molecule has 0 spiro atoms. The first-order valence-corrected chi connectivity index (χ1v) is 11.4. The molecular formula is C23H23N5O3S. The molecule has 0 aliphatic carbocycles. The van der Waals surface area contributed by atoms with Gasteiger partial charge in [-0.15, -0.1) is 0 Å². The lowest BCUT2D eigenvalue weighted by molar-refractivity contribution is 0.414. The summed E-state index contributed by atoms with van der Waals surface area (Å²) in [6, 6.07) is 18.9. The Hall–Kier alpha value is -3.85. The number of nitrogens with zero attached hydrogens (tertiary/aromatic N) is 2. The number of ether oxygens (including phenoxy) is 1. The van der Waals surface area contributed by atoms with Crippen LogP contribution in [-0.2, 0) is 16.3 Å². The first-order chi connectivity index (χ1) is 15.4. The normalized spacial score (nSPS) is 11.4. The lowest BCUT2D eigenvalue weighted by atomic mass is 10.1. The predicted molar refractivity (Wildman–Crippen MR) is 125 cm³/mol. The van der Waals surface area contributed by atoms with Crippen molar-refractivity contribution in [1.82, 2.24) is 9.97 Å². The minimum absolute atomic E-state index is 0.146. The van der Waals surface area contributed by atoms with Gasteiger partial charge in [0.25, 0.3) is 0 Å². The van der Waals surface area contributed by atoms with Crippen molar-refractivity contribution in [3.8, 4) is 5.75 Å². The van der Waals surface area contributed by atoms with Gasteiger partial charge in [0.05, 0.1) is 22.4 Å².